The molecule has 1 N–H and O–H groups in total. The van der Waals surface area contributed by atoms with Gasteiger partial charge in [-0.05, 0) is 64.2 Å². The number of unbranched alkanes of at least 4 members (excludes halogenated alkanes) is 22. The molecule has 334 valence electrons. The number of quaternary nitrogens is 2. The second-order valence-electron chi connectivity index (χ2n) is 18.5. The molecule has 1 atom stereocenters. The number of hydrogen-bond donors (Lipinski definition) is 1. The molecule has 8 nitrogen and oxygen atoms in total. The third-order valence-electron chi connectivity index (χ3n) is 10.7. The largest absolute Gasteiger partial charge is 0.462 e. The Morgan fingerprint density at radius 2 is 0.912 bits per heavy atom. The van der Waals surface area contributed by atoms with Crippen LogP contribution >= 0.6 is 0 Å². The van der Waals surface area contributed by atoms with Gasteiger partial charge in [-0.3, -0.25) is 14.4 Å². The third-order valence-corrected chi connectivity index (χ3v) is 10.7. The number of esters is 2. The molecular weight excluding hydrogens is 711 g/mol. The second-order valence-corrected chi connectivity index (χ2v) is 18.5. The molecular formula is C49H95N3O5+2. The fourth-order valence-corrected chi connectivity index (χ4v) is 7.04. The molecule has 0 heterocycles. The van der Waals surface area contributed by atoms with Crippen LogP contribution in [0, 0.1) is 0 Å². The van der Waals surface area contributed by atoms with Gasteiger partial charge in [-0.15, -0.1) is 0 Å². The van der Waals surface area contributed by atoms with Crippen LogP contribution in [0.3, 0.4) is 0 Å². The first kappa shape index (κ1) is 54.8. The Hall–Kier alpha value is -2.19. The van der Waals surface area contributed by atoms with E-state index in [1.807, 2.05) is 0 Å². The minimum Gasteiger partial charge on any atom is -0.462 e. The average molecular weight is 806 g/mol. The van der Waals surface area contributed by atoms with Gasteiger partial charge >= 0.3 is 11.9 Å². The standard InChI is InChI=1S/C49H94N3O5/c1-8-10-12-14-16-18-20-22-24-26-28-30-32-34-36-39-48(54)56-45-46(43-50-47(53)44-52(6,7)42-38-41-51(3,4)5)57-49(55)40-37-35-33-31-29-27-25-23-21-19-17-15-13-11-9-2/h22-25,46H,8-21,26-45H2,1-7H3/q+1/p+1/b24-22+,25-23+/t46-/m0/s1. The van der Waals surface area contributed by atoms with Crippen LogP contribution in [0.5, 0.6) is 0 Å². The minimum atomic E-state index is -0.698. The van der Waals surface area contributed by atoms with Gasteiger partial charge in [-0.25, -0.2) is 0 Å². The van der Waals surface area contributed by atoms with Gasteiger partial charge in [0.15, 0.2) is 12.6 Å². The monoisotopic (exact) mass is 806 g/mol. The van der Waals surface area contributed by atoms with Crippen LogP contribution in [0.25, 0.3) is 0 Å². The zero-order valence-corrected chi connectivity index (χ0v) is 38.9. The zero-order valence-electron chi connectivity index (χ0n) is 38.9. The van der Waals surface area contributed by atoms with E-state index in [0.29, 0.717) is 23.9 Å². The fraction of sp³-hybridized carbons (Fsp3) is 0.857. The first-order valence-corrected chi connectivity index (χ1v) is 23.9. The van der Waals surface area contributed by atoms with Gasteiger partial charge in [0.1, 0.15) is 6.61 Å². The summed E-state index contributed by atoms with van der Waals surface area (Å²) in [4.78, 5) is 38.4. The molecule has 1 amide bonds. The second kappa shape index (κ2) is 38.0. The molecule has 0 radical (unpaired) electrons. The molecule has 0 aliphatic rings. The summed E-state index contributed by atoms with van der Waals surface area (Å²) in [6.45, 7) is 6.89. The molecule has 0 unspecified atom stereocenters. The lowest BCUT2D eigenvalue weighted by molar-refractivity contribution is -0.896. The minimum absolute atomic E-state index is 0.0376. The zero-order chi connectivity index (χ0) is 42.3. The summed E-state index contributed by atoms with van der Waals surface area (Å²) in [7, 11) is 10.7. The van der Waals surface area contributed by atoms with Crippen LogP contribution in [0.2, 0.25) is 0 Å². The van der Waals surface area contributed by atoms with E-state index in [-0.39, 0.29) is 31.0 Å². The number of amides is 1. The summed E-state index contributed by atoms with van der Waals surface area (Å²) in [5.41, 5.74) is 0. The van der Waals surface area contributed by atoms with Crippen LogP contribution in [0.1, 0.15) is 200 Å². The van der Waals surface area contributed by atoms with Crippen LogP contribution in [-0.2, 0) is 23.9 Å². The number of likely N-dealkylation sites (N-methyl/N-ethyl adjacent to an activating group) is 1. The van der Waals surface area contributed by atoms with Crippen molar-refractivity contribution >= 4 is 17.8 Å². The molecule has 0 spiro atoms. The van der Waals surface area contributed by atoms with Gasteiger partial charge in [-0.1, -0.05) is 141 Å². The molecule has 0 aliphatic heterocycles. The van der Waals surface area contributed by atoms with E-state index in [9.17, 15) is 14.4 Å². The maximum atomic E-state index is 13.0. The number of allylic oxidation sites excluding steroid dienone is 4. The van der Waals surface area contributed by atoms with E-state index in [1.165, 1.54) is 116 Å². The van der Waals surface area contributed by atoms with Crippen molar-refractivity contribution < 1.29 is 32.8 Å². The van der Waals surface area contributed by atoms with E-state index >= 15 is 0 Å². The first-order chi connectivity index (χ1) is 27.4. The van der Waals surface area contributed by atoms with Crippen molar-refractivity contribution in [1.29, 1.82) is 0 Å². The Morgan fingerprint density at radius 1 is 0.509 bits per heavy atom. The Kier molecular flexibility index (Phi) is 36.6. The molecule has 0 saturated carbocycles. The topological polar surface area (TPSA) is 81.7 Å². The predicted octanol–water partition coefficient (Wildman–Crippen LogP) is 11.8. The van der Waals surface area contributed by atoms with E-state index in [4.69, 9.17) is 9.47 Å². The number of carbonyl (C=O) groups excluding carboxylic acids is 3. The summed E-state index contributed by atoms with van der Waals surface area (Å²) >= 11 is 0. The molecule has 0 aliphatic carbocycles. The number of hydrogen-bond acceptors (Lipinski definition) is 5. The maximum Gasteiger partial charge on any atom is 0.306 e. The summed E-state index contributed by atoms with van der Waals surface area (Å²) in [6, 6.07) is 0. The van der Waals surface area contributed by atoms with E-state index < -0.39 is 6.10 Å². The SMILES string of the molecule is CCCCCCCC/C=C/CCCCCCCC(=O)OC[C@H](CNC(=O)C[N+](C)(C)CCC[N+](C)(C)C)OC(=O)CCCCCCC/C=C/CCCCCCCC. The number of ether oxygens (including phenoxy) is 2. The highest BCUT2D eigenvalue weighted by Gasteiger charge is 2.23. The van der Waals surface area contributed by atoms with Crippen molar-refractivity contribution in [3.05, 3.63) is 24.3 Å². The lowest BCUT2D eigenvalue weighted by atomic mass is 10.1. The lowest BCUT2D eigenvalue weighted by Crippen LogP contribution is -2.50. The van der Waals surface area contributed by atoms with Crippen LogP contribution in [0.15, 0.2) is 24.3 Å². The molecule has 57 heavy (non-hydrogen) atoms. The average Bonchev–Trinajstić information content (AvgIpc) is 3.15. The molecule has 0 fully saturated rings. The number of nitrogens with one attached hydrogen (secondary N) is 1. The van der Waals surface area contributed by atoms with Crippen molar-refractivity contribution in [1.82, 2.24) is 5.32 Å². The smallest absolute Gasteiger partial charge is 0.306 e. The molecule has 0 aromatic rings. The van der Waals surface area contributed by atoms with Crippen molar-refractivity contribution in [2.45, 2.75) is 206 Å². The van der Waals surface area contributed by atoms with Crippen LogP contribution < -0.4 is 5.32 Å². The number of carbonyl (C=O) groups is 3. The van der Waals surface area contributed by atoms with E-state index in [1.54, 1.807) is 0 Å². The van der Waals surface area contributed by atoms with Gasteiger partial charge in [0.05, 0.1) is 54.9 Å². The summed E-state index contributed by atoms with van der Waals surface area (Å²) in [5, 5.41) is 2.96. The highest BCUT2D eigenvalue weighted by molar-refractivity contribution is 5.77. The lowest BCUT2D eigenvalue weighted by Gasteiger charge is -2.31. The Morgan fingerprint density at radius 3 is 1.35 bits per heavy atom. The van der Waals surface area contributed by atoms with Crippen LogP contribution in [-0.4, -0.2) is 101 Å². The fourth-order valence-electron chi connectivity index (χ4n) is 7.04. The van der Waals surface area contributed by atoms with Crippen molar-refractivity contribution in [2.75, 3.05) is 68.0 Å². The summed E-state index contributed by atoms with van der Waals surface area (Å²) in [6.07, 6.45) is 41.7. The van der Waals surface area contributed by atoms with Gasteiger partial charge in [0.25, 0.3) is 5.91 Å². The van der Waals surface area contributed by atoms with Gasteiger partial charge in [0, 0.05) is 19.3 Å². The van der Waals surface area contributed by atoms with Gasteiger partial charge < -0.3 is 23.8 Å². The normalized spacial score (nSPS) is 12.8. The summed E-state index contributed by atoms with van der Waals surface area (Å²) in [5.74, 6) is -0.660. The molecule has 8 heteroatoms. The first-order valence-electron chi connectivity index (χ1n) is 23.9. The highest BCUT2D eigenvalue weighted by Crippen LogP contribution is 2.13. The molecule has 0 rings (SSSR count). The van der Waals surface area contributed by atoms with Crippen molar-refractivity contribution in [3.63, 3.8) is 0 Å². The quantitative estimate of drug-likeness (QED) is 0.0288. The van der Waals surface area contributed by atoms with Gasteiger partial charge in [-0.2, -0.15) is 0 Å². The van der Waals surface area contributed by atoms with Crippen molar-refractivity contribution in [3.8, 4) is 0 Å². The Balaban J connectivity index is 4.51. The molecule has 0 saturated heterocycles. The molecule has 0 aromatic heterocycles. The van der Waals surface area contributed by atoms with Crippen LogP contribution in [0.4, 0.5) is 0 Å². The summed E-state index contributed by atoms with van der Waals surface area (Å²) < 4.78 is 12.8. The number of rotatable bonds is 41. The van der Waals surface area contributed by atoms with Gasteiger partial charge in [0.2, 0.25) is 0 Å². The predicted molar refractivity (Wildman–Crippen MR) is 242 cm³/mol. The maximum absolute atomic E-state index is 13.0. The molecule has 0 bridgehead atoms. The Labute approximate surface area is 353 Å². The third kappa shape index (κ3) is 41.8. The number of nitrogens with zero attached hydrogens (tertiary/aromatic N) is 2. The van der Waals surface area contributed by atoms with Crippen molar-refractivity contribution in [2.24, 2.45) is 0 Å². The van der Waals surface area contributed by atoms with E-state index in [0.717, 1.165) is 75.4 Å². The molecule has 0 aromatic carbocycles. The van der Waals surface area contributed by atoms with E-state index in [2.05, 4.69) is 78.7 Å². The highest BCUT2D eigenvalue weighted by atomic mass is 16.6. The Bertz CT molecular complexity index is 1020.